The fraction of sp³-hybridized carbons (Fsp3) is 0.500. The van der Waals surface area contributed by atoms with Gasteiger partial charge in [0, 0.05) is 11.8 Å². The number of aliphatic hydroxyl groups is 1. The fourth-order valence-electron chi connectivity index (χ4n) is 4.15. The summed E-state index contributed by atoms with van der Waals surface area (Å²) >= 11 is 0. The second kappa shape index (κ2) is 6.30. The molecule has 1 aliphatic rings. The van der Waals surface area contributed by atoms with Gasteiger partial charge in [0.15, 0.2) is 5.82 Å². The zero-order valence-corrected chi connectivity index (χ0v) is 14.8. The van der Waals surface area contributed by atoms with Gasteiger partial charge in [0.05, 0.1) is 23.2 Å². The van der Waals surface area contributed by atoms with Crippen LogP contribution in [0.3, 0.4) is 0 Å². The number of aryl methyl sites for hydroxylation is 1. The van der Waals surface area contributed by atoms with E-state index in [-0.39, 0.29) is 0 Å². The lowest BCUT2D eigenvalue weighted by Crippen LogP contribution is -2.36. The van der Waals surface area contributed by atoms with Crippen LogP contribution in [-0.4, -0.2) is 25.2 Å². The van der Waals surface area contributed by atoms with Gasteiger partial charge in [0.1, 0.15) is 11.3 Å². The predicted octanol–water partition coefficient (Wildman–Crippen LogP) is 3.81. The van der Waals surface area contributed by atoms with Crippen molar-refractivity contribution in [1.29, 1.82) is 0 Å². The van der Waals surface area contributed by atoms with E-state index in [1.165, 1.54) is 6.42 Å². The molecule has 1 aliphatic carbocycles. The second-order valence-electron chi connectivity index (χ2n) is 7.36. The maximum absolute atomic E-state index is 11.1. The summed E-state index contributed by atoms with van der Waals surface area (Å²) < 4.78 is 2.21. The van der Waals surface area contributed by atoms with Gasteiger partial charge >= 0.3 is 0 Å². The third-order valence-electron chi connectivity index (χ3n) is 5.40. The van der Waals surface area contributed by atoms with Crippen LogP contribution in [0.25, 0.3) is 21.9 Å². The summed E-state index contributed by atoms with van der Waals surface area (Å²) in [5.41, 5.74) is 8.24. The van der Waals surface area contributed by atoms with Gasteiger partial charge in [-0.2, -0.15) is 0 Å². The molecule has 1 fully saturated rings. The van der Waals surface area contributed by atoms with E-state index in [9.17, 15) is 5.11 Å². The molecule has 132 valence electrons. The minimum absolute atomic E-state index is 0.473. The van der Waals surface area contributed by atoms with Gasteiger partial charge in [-0.1, -0.05) is 44.4 Å². The lowest BCUT2D eigenvalue weighted by molar-refractivity contribution is -0.0111. The number of pyridine rings is 1. The third-order valence-corrected chi connectivity index (χ3v) is 5.40. The Morgan fingerprint density at radius 2 is 1.92 bits per heavy atom. The van der Waals surface area contributed by atoms with Crippen molar-refractivity contribution >= 4 is 27.8 Å². The van der Waals surface area contributed by atoms with E-state index in [0.29, 0.717) is 12.4 Å². The number of benzene rings is 1. The van der Waals surface area contributed by atoms with Crippen LogP contribution in [0.5, 0.6) is 0 Å². The number of hydrogen-bond acceptors (Lipinski definition) is 4. The Labute approximate surface area is 147 Å². The average molecular weight is 338 g/mol. The van der Waals surface area contributed by atoms with Crippen molar-refractivity contribution in [3.63, 3.8) is 0 Å². The van der Waals surface area contributed by atoms with Crippen LogP contribution in [0.2, 0.25) is 0 Å². The number of para-hydroxylation sites is 1. The first-order valence-electron chi connectivity index (χ1n) is 9.37. The van der Waals surface area contributed by atoms with Crippen LogP contribution in [-0.2, 0) is 13.0 Å². The SMILES string of the molecule is CCCc1nc2c(N)nc3ccccc3c2n1CC1(O)CCCCC1. The highest BCUT2D eigenvalue weighted by molar-refractivity contribution is 6.06. The summed E-state index contributed by atoms with van der Waals surface area (Å²) in [6.45, 7) is 2.74. The first-order chi connectivity index (χ1) is 12.1. The van der Waals surface area contributed by atoms with Gasteiger partial charge in [0.25, 0.3) is 0 Å². The largest absolute Gasteiger partial charge is 0.388 e. The van der Waals surface area contributed by atoms with Gasteiger partial charge < -0.3 is 15.4 Å². The second-order valence-corrected chi connectivity index (χ2v) is 7.36. The summed E-state index contributed by atoms with van der Waals surface area (Å²) in [6, 6.07) is 8.05. The number of nitrogen functional groups attached to an aromatic ring is 1. The number of nitrogens with zero attached hydrogens (tertiary/aromatic N) is 3. The van der Waals surface area contributed by atoms with Crippen LogP contribution < -0.4 is 5.73 Å². The van der Waals surface area contributed by atoms with E-state index in [1.54, 1.807) is 0 Å². The molecule has 1 aromatic carbocycles. The summed E-state index contributed by atoms with van der Waals surface area (Å²) in [7, 11) is 0. The number of nitrogens with two attached hydrogens (primary N) is 1. The van der Waals surface area contributed by atoms with Crippen molar-refractivity contribution in [2.24, 2.45) is 0 Å². The van der Waals surface area contributed by atoms with E-state index < -0.39 is 5.60 Å². The molecular weight excluding hydrogens is 312 g/mol. The van der Waals surface area contributed by atoms with Crippen LogP contribution in [0.1, 0.15) is 51.3 Å². The smallest absolute Gasteiger partial charge is 0.152 e. The van der Waals surface area contributed by atoms with E-state index in [0.717, 1.165) is 66.3 Å². The molecule has 0 atom stereocenters. The topological polar surface area (TPSA) is 77.0 Å². The maximum Gasteiger partial charge on any atom is 0.152 e. The van der Waals surface area contributed by atoms with Crippen molar-refractivity contribution in [2.75, 3.05) is 5.73 Å². The number of fused-ring (bicyclic) bond motifs is 3. The molecule has 0 radical (unpaired) electrons. The van der Waals surface area contributed by atoms with E-state index in [4.69, 9.17) is 10.7 Å². The van der Waals surface area contributed by atoms with Crippen molar-refractivity contribution < 1.29 is 5.11 Å². The fourth-order valence-corrected chi connectivity index (χ4v) is 4.15. The standard InChI is InChI=1S/C20H26N4O/c1-2-8-16-23-17-18(14-9-4-5-10-15(14)22-19(17)21)24(16)13-20(25)11-6-3-7-12-20/h4-5,9-10,25H,2-3,6-8,11-13H2,1H3,(H2,21,22). The molecule has 5 nitrogen and oxygen atoms in total. The highest BCUT2D eigenvalue weighted by atomic mass is 16.3. The zero-order valence-electron chi connectivity index (χ0n) is 14.8. The van der Waals surface area contributed by atoms with Crippen molar-refractivity contribution in [2.45, 2.75) is 64.0 Å². The lowest BCUT2D eigenvalue weighted by Gasteiger charge is -2.33. The number of rotatable bonds is 4. The van der Waals surface area contributed by atoms with Crippen LogP contribution in [0.15, 0.2) is 24.3 Å². The Kier molecular flexibility index (Phi) is 4.12. The van der Waals surface area contributed by atoms with Gasteiger partial charge in [-0.25, -0.2) is 9.97 Å². The number of anilines is 1. The molecule has 0 bridgehead atoms. The van der Waals surface area contributed by atoms with Crippen molar-refractivity contribution in [1.82, 2.24) is 14.5 Å². The molecule has 0 amide bonds. The molecule has 5 heteroatoms. The summed E-state index contributed by atoms with van der Waals surface area (Å²) in [5, 5.41) is 12.2. The van der Waals surface area contributed by atoms with Gasteiger partial charge in [-0.15, -0.1) is 0 Å². The molecule has 0 unspecified atom stereocenters. The van der Waals surface area contributed by atoms with E-state index in [2.05, 4.69) is 22.5 Å². The Hall–Kier alpha value is -2.14. The monoisotopic (exact) mass is 338 g/mol. The van der Waals surface area contributed by atoms with Gasteiger partial charge in [-0.3, -0.25) is 0 Å². The Morgan fingerprint density at radius 1 is 1.16 bits per heavy atom. The van der Waals surface area contributed by atoms with E-state index in [1.807, 2.05) is 18.2 Å². The van der Waals surface area contributed by atoms with Crippen molar-refractivity contribution in [3.05, 3.63) is 30.1 Å². The van der Waals surface area contributed by atoms with Gasteiger partial charge in [-0.05, 0) is 25.3 Å². The third kappa shape index (κ3) is 2.86. The molecule has 0 saturated heterocycles. The molecule has 1 saturated carbocycles. The zero-order chi connectivity index (χ0) is 17.4. The van der Waals surface area contributed by atoms with E-state index >= 15 is 0 Å². The number of hydrogen-bond donors (Lipinski definition) is 2. The van der Waals surface area contributed by atoms with Crippen molar-refractivity contribution in [3.8, 4) is 0 Å². The lowest BCUT2D eigenvalue weighted by atomic mass is 9.84. The maximum atomic E-state index is 11.1. The summed E-state index contributed by atoms with van der Waals surface area (Å²) in [4.78, 5) is 9.33. The Bertz CT molecular complexity index is 909. The molecule has 2 aromatic heterocycles. The number of imidazole rings is 1. The first-order valence-corrected chi connectivity index (χ1v) is 9.37. The average Bonchev–Trinajstić information content (AvgIpc) is 2.95. The van der Waals surface area contributed by atoms with Gasteiger partial charge in [0.2, 0.25) is 0 Å². The Balaban J connectivity index is 1.94. The first kappa shape index (κ1) is 16.3. The Morgan fingerprint density at radius 3 is 2.68 bits per heavy atom. The highest BCUT2D eigenvalue weighted by Crippen LogP contribution is 2.34. The molecule has 2 heterocycles. The summed E-state index contributed by atoms with van der Waals surface area (Å²) in [5.74, 6) is 1.47. The van der Waals surface area contributed by atoms with Crippen LogP contribution in [0.4, 0.5) is 5.82 Å². The number of aromatic nitrogens is 3. The molecular formula is C20H26N4O. The molecule has 4 rings (SSSR count). The minimum Gasteiger partial charge on any atom is -0.388 e. The predicted molar refractivity (Wildman–Crippen MR) is 101 cm³/mol. The molecule has 25 heavy (non-hydrogen) atoms. The highest BCUT2D eigenvalue weighted by Gasteiger charge is 2.31. The molecule has 0 aliphatic heterocycles. The summed E-state index contributed by atoms with van der Waals surface area (Å²) in [6.07, 6.45) is 7.00. The van der Waals surface area contributed by atoms with Crippen LogP contribution >= 0.6 is 0 Å². The molecule has 3 aromatic rings. The minimum atomic E-state index is -0.645. The normalized spacial score (nSPS) is 17.4. The quantitative estimate of drug-likeness (QED) is 0.758. The molecule has 0 spiro atoms. The molecule has 3 N–H and O–H groups in total. The van der Waals surface area contributed by atoms with Crippen LogP contribution in [0, 0.1) is 0 Å².